The molecule has 2 aliphatic rings. The second-order valence-electron chi connectivity index (χ2n) is 8.36. The average Bonchev–Trinajstić information content (AvgIpc) is 3.48. The number of carbonyl (C=O) groups excluding carboxylic acids is 2. The number of furan rings is 2. The van der Waals surface area contributed by atoms with E-state index in [0.717, 1.165) is 63.7 Å². The Morgan fingerprint density at radius 1 is 0.759 bits per heavy atom. The van der Waals surface area contributed by atoms with E-state index < -0.39 is 0 Å². The van der Waals surface area contributed by atoms with Gasteiger partial charge in [-0.1, -0.05) is 19.3 Å². The summed E-state index contributed by atoms with van der Waals surface area (Å²) in [5.41, 5.74) is 0. The molecule has 6 nitrogen and oxygen atoms in total. The molecule has 156 valence electrons. The summed E-state index contributed by atoms with van der Waals surface area (Å²) in [6.07, 6.45) is 11.2. The standard InChI is InChI=1S/C23H30N2O4/c26-22(20-6-2-16-28-20)24-12-8-18(9-13-24)4-1-5-19-10-14-25(15-11-19)23(27)21-7-3-17-29-21/h2-3,6-7,16-19H,1,4-5,8-15H2. The van der Waals surface area contributed by atoms with Gasteiger partial charge in [0.15, 0.2) is 11.5 Å². The lowest BCUT2D eigenvalue weighted by Gasteiger charge is -2.33. The fourth-order valence-electron chi connectivity index (χ4n) is 4.66. The number of rotatable bonds is 6. The number of hydrogen-bond acceptors (Lipinski definition) is 4. The van der Waals surface area contributed by atoms with Gasteiger partial charge in [-0.25, -0.2) is 0 Å². The van der Waals surface area contributed by atoms with Gasteiger partial charge in [0.05, 0.1) is 12.5 Å². The van der Waals surface area contributed by atoms with Crippen LogP contribution in [0, 0.1) is 11.8 Å². The van der Waals surface area contributed by atoms with Crippen molar-refractivity contribution in [2.75, 3.05) is 26.2 Å². The highest BCUT2D eigenvalue weighted by Crippen LogP contribution is 2.28. The lowest BCUT2D eigenvalue weighted by Crippen LogP contribution is -2.38. The normalized spacial score (nSPS) is 18.9. The SMILES string of the molecule is O=C(c1ccco1)N1CCC(CCCC2CCN(C(=O)c3ccco3)CC2)CC1. The molecule has 2 aromatic rings. The van der Waals surface area contributed by atoms with Gasteiger partial charge in [0.1, 0.15) is 0 Å². The van der Waals surface area contributed by atoms with Crippen molar-refractivity contribution < 1.29 is 18.4 Å². The molecule has 0 aliphatic carbocycles. The molecular weight excluding hydrogens is 368 g/mol. The zero-order valence-corrected chi connectivity index (χ0v) is 16.9. The van der Waals surface area contributed by atoms with Gasteiger partial charge in [0, 0.05) is 26.2 Å². The van der Waals surface area contributed by atoms with Crippen LogP contribution in [0.25, 0.3) is 0 Å². The summed E-state index contributed by atoms with van der Waals surface area (Å²) in [6.45, 7) is 3.32. The maximum atomic E-state index is 12.3. The molecule has 0 unspecified atom stereocenters. The van der Waals surface area contributed by atoms with E-state index >= 15 is 0 Å². The Morgan fingerprint density at radius 2 is 1.17 bits per heavy atom. The van der Waals surface area contributed by atoms with Gasteiger partial charge in [-0.15, -0.1) is 0 Å². The zero-order chi connectivity index (χ0) is 20.1. The summed E-state index contributed by atoms with van der Waals surface area (Å²) >= 11 is 0. The summed E-state index contributed by atoms with van der Waals surface area (Å²) in [6, 6.07) is 7.00. The minimum Gasteiger partial charge on any atom is -0.459 e. The van der Waals surface area contributed by atoms with Crippen molar-refractivity contribution in [1.29, 1.82) is 0 Å². The van der Waals surface area contributed by atoms with E-state index in [1.807, 2.05) is 9.80 Å². The van der Waals surface area contributed by atoms with Crippen LogP contribution in [0.3, 0.4) is 0 Å². The largest absolute Gasteiger partial charge is 0.459 e. The highest BCUT2D eigenvalue weighted by molar-refractivity contribution is 5.91. The number of nitrogens with zero attached hydrogens (tertiary/aromatic N) is 2. The molecule has 2 saturated heterocycles. The van der Waals surface area contributed by atoms with Crippen molar-refractivity contribution in [2.45, 2.75) is 44.9 Å². The fraction of sp³-hybridized carbons (Fsp3) is 0.565. The van der Waals surface area contributed by atoms with Crippen molar-refractivity contribution in [3.63, 3.8) is 0 Å². The second-order valence-corrected chi connectivity index (χ2v) is 8.36. The van der Waals surface area contributed by atoms with Gasteiger partial charge in [-0.05, 0) is 61.8 Å². The van der Waals surface area contributed by atoms with Crippen LogP contribution in [0.1, 0.15) is 66.1 Å². The van der Waals surface area contributed by atoms with E-state index in [2.05, 4.69) is 0 Å². The van der Waals surface area contributed by atoms with Crippen LogP contribution in [0.15, 0.2) is 45.6 Å². The second kappa shape index (κ2) is 9.33. The van der Waals surface area contributed by atoms with E-state index in [1.54, 1.807) is 36.8 Å². The fourth-order valence-corrected chi connectivity index (χ4v) is 4.66. The Balaban J connectivity index is 1.11. The molecule has 2 fully saturated rings. The molecule has 6 heteroatoms. The molecule has 29 heavy (non-hydrogen) atoms. The van der Waals surface area contributed by atoms with E-state index in [-0.39, 0.29) is 11.8 Å². The highest BCUT2D eigenvalue weighted by atomic mass is 16.3. The van der Waals surface area contributed by atoms with Gasteiger partial charge in [-0.3, -0.25) is 9.59 Å². The molecule has 0 N–H and O–H groups in total. The number of carbonyl (C=O) groups is 2. The molecule has 0 radical (unpaired) electrons. The average molecular weight is 399 g/mol. The number of piperidine rings is 2. The Morgan fingerprint density at radius 3 is 1.52 bits per heavy atom. The van der Waals surface area contributed by atoms with Crippen molar-refractivity contribution >= 4 is 11.8 Å². The first-order valence-electron chi connectivity index (χ1n) is 10.9. The third-order valence-corrected chi connectivity index (χ3v) is 6.49. The molecular formula is C23H30N2O4. The summed E-state index contributed by atoms with van der Waals surface area (Å²) in [4.78, 5) is 28.5. The van der Waals surface area contributed by atoms with Crippen molar-refractivity contribution in [3.05, 3.63) is 48.3 Å². The van der Waals surface area contributed by atoms with Gasteiger partial charge in [0.2, 0.25) is 0 Å². The molecule has 0 saturated carbocycles. The van der Waals surface area contributed by atoms with Crippen molar-refractivity contribution in [2.24, 2.45) is 11.8 Å². The molecule has 4 heterocycles. The van der Waals surface area contributed by atoms with Crippen LogP contribution in [0.5, 0.6) is 0 Å². The summed E-state index contributed by atoms with van der Waals surface area (Å²) in [7, 11) is 0. The molecule has 2 aliphatic heterocycles. The Kier molecular flexibility index (Phi) is 6.37. The van der Waals surface area contributed by atoms with Gasteiger partial charge in [-0.2, -0.15) is 0 Å². The Bertz CT molecular complexity index is 702. The van der Waals surface area contributed by atoms with E-state index in [0.29, 0.717) is 11.5 Å². The lowest BCUT2D eigenvalue weighted by molar-refractivity contribution is 0.0647. The number of likely N-dealkylation sites (tertiary alicyclic amines) is 2. The highest BCUT2D eigenvalue weighted by Gasteiger charge is 2.27. The maximum Gasteiger partial charge on any atom is 0.289 e. The van der Waals surface area contributed by atoms with Crippen molar-refractivity contribution in [3.8, 4) is 0 Å². The summed E-state index contributed by atoms with van der Waals surface area (Å²) in [5, 5.41) is 0. The topological polar surface area (TPSA) is 66.9 Å². The summed E-state index contributed by atoms with van der Waals surface area (Å²) in [5.74, 6) is 2.36. The van der Waals surface area contributed by atoms with Crippen LogP contribution < -0.4 is 0 Å². The Hall–Kier alpha value is -2.50. The molecule has 2 aromatic heterocycles. The minimum absolute atomic E-state index is 0.0179. The first kappa shape index (κ1) is 19.8. The third-order valence-electron chi connectivity index (χ3n) is 6.49. The first-order valence-corrected chi connectivity index (χ1v) is 10.9. The van der Waals surface area contributed by atoms with Crippen LogP contribution in [-0.2, 0) is 0 Å². The molecule has 0 atom stereocenters. The quantitative estimate of drug-likeness (QED) is 0.721. The molecule has 0 aromatic carbocycles. The lowest BCUT2D eigenvalue weighted by atomic mass is 9.87. The zero-order valence-electron chi connectivity index (χ0n) is 16.9. The molecule has 4 rings (SSSR count). The Labute approximate surface area is 171 Å². The molecule has 0 bridgehead atoms. The van der Waals surface area contributed by atoms with E-state index in [1.165, 1.54) is 19.3 Å². The van der Waals surface area contributed by atoms with Crippen LogP contribution in [0.2, 0.25) is 0 Å². The smallest absolute Gasteiger partial charge is 0.289 e. The third kappa shape index (κ3) is 4.92. The predicted molar refractivity (Wildman–Crippen MR) is 109 cm³/mol. The number of hydrogen-bond donors (Lipinski definition) is 0. The van der Waals surface area contributed by atoms with Gasteiger partial charge >= 0.3 is 0 Å². The van der Waals surface area contributed by atoms with E-state index in [9.17, 15) is 9.59 Å². The minimum atomic E-state index is 0.0179. The maximum absolute atomic E-state index is 12.3. The monoisotopic (exact) mass is 398 g/mol. The van der Waals surface area contributed by atoms with Crippen LogP contribution >= 0.6 is 0 Å². The van der Waals surface area contributed by atoms with Gasteiger partial charge in [0.25, 0.3) is 11.8 Å². The van der Waals surface area contributed by atoms with Crippen LogP contribution in [-0.4, -0.2) is 47.8 Å². The van der Waals surface area contributed by atoms with E-state index in [4.69, 9.17) is 8.83 Å². The molecule has 0 spiro atoms. The predicted octanol–water partition coefficient (Wildman–Crippen LogP) is 4.45. The number of amides is 2. The summed E-state index contributed by atoms with van der Waals surface area (Å²) < 4.78 is 10.5. The molecule has 2 amide bonds. The van der Waals surface area contributed by atoms with Crippen LogP contribution in [0.4, 0.5) is 0 Å². The van der Waals surface area contributed by atoms with Gasteiger partial charge < -0.3 is 18.6 Å². The first-order chi connectivity index (χ1) is 14.2. The van der Waals surface area contributed by atoms with Crippen molar-refractivity contribution in [1.82, 2.24) is 9.80 Å².